The van der Waals surface area contributed by atoms with Crippen molar-refractivity contribution in [2.45, 2.75) is 32.7 Å². The highest BCUT2D eigenvalue weighted by Crippen LogP contribution is 2.36. The predicted molar refractivity (Wildman–Crippen MR) is 126 cm³/mol. The van der Waals surface area contributed by atoms with E-state index in [1.54, 1.807) is 29.4 Å². The standard InChI is InChI=1S/C27H29N3O2/c1-20(2)29-26(32)27(13-15-30(19-27)25(31)24-12-7-14-28-18-24)17-21-8-6-11-23(16-21)22-9-4-3-5-10-22/h3-12,14,16,18,20H,13,15,17,19H2,1-2H3,(H,29,32)/t27-/m1/s1. The Labute approximate surface area is 189 Å². The molecule has 1 fully saturated rings. The van der Waals surface area contributed by atoms with Crippen molar-refractivity contribution in [1.82, 2.24) is 15.2 Å². The molecule has 2 heterocycles. The van der Waals surface area contributed by atoms with Crippen molar-refractivity contribution in [3.8, 4) is 11.1 Å². The topological polar surface area (TPSA) is 62.3 Å². The van der Waals surface area contributed by atoms with Crippen molar-refractivity contribution in [2.24, 2.45) is 5.41 Å². The van der Waals surface area contributed by atoms with Crippen LogP contribution in [0.1, 0.15) is 36.2 Å². The van der Waals surface area contributed by atoms with E-state index in [1.165, 1.54) is 0 Å². The quantitative estimate of drug-likeness (QED) is 0.636. The molecule has 1 aliphatic rings. The summed E-state index contributed by atoms with van der Waals surface area (Å²) in [5.74, 6) is -0.0607. The Balaban J connectivity index is 1.61. The molecular formula is C27H29N3O2. The van der Waals surface area contributed by atoms with E-state index in [4.69, 9.17) is 0 Å². The maximum absolute atomic E-state index is 13.4. The minimum atomic E-state index is -0.655. The molecule has 1 N–H and O–H groups in total. The number of carbonyl (C=O) groups is 2. The average Bonchev–Trinajstić information content (AvgIpc) is 3.25. The number of hydrogen-bond acceptors (Lipinski definition) is 3. The van der Waals surface area contributed by atoms with Crippen LogP contribution in [0.5, 0.6) is 0 Å². The van der Waals surface area contributed by atoms with Gasteiger partial charge in [-0.05, 0) is 55.5 Å². The summed E-state index contributed by atoms with van der Waals surface area (Å²) in [5.41, 5.74) is 3.27. The van der Waals surface area contributed by atoms with Gasteiger partial charge in [-0.25, -0.2) is 0 Å². The molecule has 0 bridgehead atoms. The molecule has 1 aliphatic heterocycles. The second kappa shape index (κ2) is 9.35. The predicted octanol–water partition coefficient (Wildman–Crippen LogP) is 4.35. The third-order valence-corrected chi connectivity index (χ3v) is 6.03. The van der Waals surface area contributed by atoms with Crippen LogP contribution in [0.2, 0.25) is 0 Å². The number of nitrogens with zero attached hydrogens (tertiary/aromatic N) is 2. The summed E-state index contributed by atoms with van der Waals surface area (Å²) in [4.78, 5) is 32.3. The molecule has 0 spiro atoms. The number of rotatable bonds is 6. The normalized spacial score (nSPS) is 18.0. The van der Waals surface area contributed by atoms with Crippen molar-refractivity contribution >= 4 is 11.8 Å². The van der Waals surface area contributed by atoms with Crippen molar-refractivity contribution in [1.29, 1.82) is 0 Å². The molecule has 164 valence electrons. The van der Waals surface area contributed by atoms with E-state index < -0.39 is 5.41 Å². The van der Waals surface area contributed by atoms with E-state index in [0.29, 0.717) is 31.5 Å². The SMILES string of the molecule is CC(C)NC(=O)[C@@]1(Cc2cccc(-c3ccccc3)c2)CCN(C(=O)c2cccnc2)C1. The third-order valence-electron chi connectivity index (χ3n) is 6.03. The van der Waals surface area contributed by atoms with Gasteiger partial charge < -0.3 is 10.2 Å². The van der Waals surface area contributed by atoms with Gasteiger partial charge in [-0.1, -0.05) is 54.6 Å². The lowest BCUT2D eigenvalue weighted by Crippen LogP contribution is -2.47. The molecule has 0 saturated carbocycles. The number of aromatic nitrogens is 1. The first-order valence-corrected chi connectivity index (χ1v) is 11.1. The molecule has 1 aromatic heterocycles. The van der Waals surface area contributed by atoms with Gasteiger partial charge in [0.1, 0.15) is 0 Å². The second-order valence-electron chi connectivity index (χ2n) is 8.87. The summed E-state index contributed by atoms with van der Waals surface area (Å²) in [5, 5.41) is 3.10. The van der Waals surface area contributed by atoms with Gasteiger partial charge in [-0.2, -0.15) is 0 Å². The molecule has 5 nitrogen and oxygen atoms in total. The first kappa shape index (κ1) is 21.8. The van der Waals surface area contributed by atoms with E-state index in [1.807, 2.05) is 38.1 Å². The largest absolute Gasteiger partial charge is 0.353 e. The highest BCUT2D eigenvalue weighted by molar-refractivity contribution is 5.95. The van der Waals surface area contributed by atoms with Gasteiger partial charge in [-0.3, -0.25) is 14.6 Å². The number of nitrogens with one attached hydrogen (secondary N) is 1. The first-order chi connectivity index (χ1) is 15.5. The van der Waals surface area contributed by atoms with Crippen LogP contribution in [0, 0.1) is 5.41 Å². The molecule has 2 amide bonds. The van der Waals surface area contributed by atoms with Crippen molar-refractivity contribution in [3.05, 3.63) is 90.3 Å². The fraction of sp³-hybridized carbons (Fsp3) is 0.296. The zero-order valence-electron chi connectivity index (χ0n) is 18.6. The molecule has 0 unspecified atom stereocenters. The van der Waals surface area contributed by atoms with Crippen molar-refractivity contribution in [3.63, 3.8) is 0 Å². The van der Waals surface area contributed by atoms with Crippen LogP contribution in [0.4, 0.5) is 0 Å². The van der Waals surface area contributed by atoms with Gasteiger partial charge in [0.25, 0.3) is 5.91 Å². The summed E-state index contributed by atoms with van der Waals surface area (Å²) in [6, 6.07) is 22.2. The number of pyridine rings is 1. The second-order valence-corrected chi connectivity index (χ2v) is 8.87. The number of carbonyl (C=O) groups excluding carboxylic acids is 2. The van der Waals surface area contributed by atoms with Gasteiger partial charge in [-0.15, -0.1) is 0 Å². The Bertz CT molecular complexity index is 1080. The van der Waals surface area contributed by atoms with Crippen molar-refractivity contribution < 1.29 is 9.59 Å². The van der Waals surface area contributed by atoms with Gasteiger partial charge in [0, 0.05) is 31.5 Å². The summed E-state index contributed by atoms with van der Waals surface area (Å²) in [6.45, 7) is 4.89. The molecule has 5 heteroatoms. The fourth-order valence-electron chi connectivity index (χ4n) is 4.43. The van der Waals surface area contributed by atoms with Crippen LogP contribution < -0.4 is 5.32 Å². The minimum absolute atomic E-state index is 0.0131. The van der Waals surface area contributed by atoms with E-state index in [-0.39, 0.29) is 17.9 Å². The van der Waals surface area contributed by atoms with Gasteiger partial charge >= 0.3 is 0 Å². The molecule has 0 radical (unpaired) electrons. The van der Waals surface area contributed by atoms with Gasteiger partial charge in [0.15, 0.2) is 0 Å². The average molecular weight is 428 g/mol. The van der Waals surface area contributed by atoms with E-state index in [9.17, 15) is 9.59 Å². The van der Waals surface area contributed by atoms with Crippen LogP contribution in [-0.2, 0) is 11.2 Å². The van der Waals surface area contributed by atoms with Crippen LogP contribution >= 0.6 is 0 Å². The Morgan fingerprint density at radius 1 is 1.03 bits per heavy atom. The lowest BCUT2D eigenvalue weighted by molar-refractivity contribution is -0.130. The number of benzene rings is 2. The number of likely N-dealkylation sites (tertiary alicyclic amines) is 1. The van der Waals surface area contributed by atoms with Crippen LogP contribution in [0.3, 0.4) is 0 Å². The summed E-state index contributed by atoms with van der Waals surface area (Å²) in [6.07, 6.45) is 4.46. The Morgan fingerprint density at radius 3 is 2.53 bits per heavy atom. The first-order valence-electron chi connectivity index (χ1n) is 11.1. The number of amides is 2. The monoisotopic (exact) mass is 427 g/mol. The molecule has 32 heavy (non-hydrogen) atoms. The highest BCUT2D eigenvalue weighted by Gasteiger charge is 2.46. The molecule has 1 atom stereocenters. The van der Waals surface area contributed by atoms with Crippen LogP contribution in [0.25, 0.3) is 11.1 Å². The van der Waals surface area contributed by atoms with E-state index in [0.717, 1.165) is 16.7 Å². The number of hydrogen-bond donors (Lipinski definition) is 1. The Hall–Kier alpha value is -3.47. The Morgan fingerprint density at radius 2 is 1.81 bits per heavy atom. The lowest BCUT2D eigenvalue weighted by Gasteiger charge is -2.29. The molecular weight excluding hydrogens is 398 g/mol. The lowest BCUT2D eigenvalue weighted by atomic mass is 9.79. The fourth-order valence-corrected chi connectivity index (χ4v) is 4.43. The third kappa shape index (κ3) is 4.72. The summed E-state index contributed by atoms with van der Waals surface area (Å²) < 4.78 is 0. The smallest absolute Gasteiger partial charge is 0.255 e. The van der Waals surface area contributed by atoms with Crippen molar-refractivity contribution in [2.75, 3.05) is 13.1 Å². The zero-order valence-corrected chi connectivity index (χ0v) is 18.6. The zero-order chi connectivity index (χ0) is 22.6. The summed E-state index contributed by atoms with van der Waals surface area (Å²) in [7, 11) is 0. The maximum atomic E-state index is 13.4. The maximum Gasteiger partial charge on any atom is 0.255 e. The molecule has 0 aliphatic carbocycles. The molecule has 3 aromatic rings. The van der Waals surface area contributed by atoms with Gasteiger partial charge in [0.2, 0.25) is 5.91 Å². The minimum Gasteiger partial charge on any atom is -0.353 e. The van der Waals surface area contributed by atoms with E-state index in [2.05, 4.69) is 40.6 Å². The Kier molecular flexibility index (Phi) is 6.35. The summed E-state index contributed by atoms with van der Waals surface area (Å²) >= 11 is 0. The highest BCUT2D eigenvalue weighted by atomic mass is 16.2. The van der Waals surface area contributed by atoms with E-state index >= 15 is 0 Å². The molecule has 4 rings (SSSR count). The van der Waals surface area contributed by atoms with Gasteiger partial charge in [0.05, 0.1) is 11.0 Å². The molecule has 2 aromatic carbocycles. The van der Waals surface area contributed by atoms with Crippen LogP contribution in [0.15, 0.2) is 79.1 Å². The molecule has 1 saturated heterocycles. The van der Waals surface area contributed by atoms with Crippen LogP contribution in [-0.4, -0.2) is 40.8 Å².